The Morgan fingerprint density at radius 3 is 2.58 bits per heavy atom. The van der Waals surface area contributed by atoms with Crippen molar-refractivity contribution in [2.24, 2.45) is 5.92 Å². The van der Waals surface area contributed by atoms with Crippen LogP contribution in [0.1, 0.15) is 24.6 Å². The molecular weight excluding hydrogens is 356 g/mol. The third kappa shape index (κ3) is 3.40. The summed E-state index contributed by atoms with van der Waals surface area (Å²) in [5.74, 6) is 0.970. The largest absolute Gasteiger partial charge is 0.486 e. The van der Waals surface area contributed by atoms with E-state index in [1.54, 1.807) is 24.4 Å². The summed E-state index contributed by atoms with van der Waals surface area (Å²) < 4.78 is 39.5. The molecule has 0 radical (unpaired) electrons. The standard InChI is InChI=1S/C18H20N2O5S/c21-13-9-12(10-13)18(15-3-1-2-6-19-15)20-26(22,23)14-4-5-16-17(11-14)25-8-7-24-16/h1-6,11-13,18,20-21H,7-10H2. The van der Waals surface area contributed by atoms with Gasteiger partial charge < -0.3 is 14.6 Å². The van der Waals surface area contributed by atoms with Crippen molar-refractivity contribution in [1.29, 1.82) is 0 Å². The number of aromatic nitrogens is 1. The van der Waals surface area contributed by atoms with Gasteiger partial charge in [-0.05, 0) is 43.0 Å². The highest BCUT2D eigenvalue weighted by molar-refractivity contribution is 7.89. The number of fused-ring (bicyclic) bond motifs is 1. The minimum absolute atomic E-state index is 0.00638. The summed E-state index contributed by atoms with van der Waals surface area (Å²) in [4.78, 5) is 4.42. The quantitative estimate of drug-likeness (QED) is 0.823. The van der Waals surface area contributed by atoms with Crippen molar-refractivity contribution in [2.75, 3.05) is 13.2 Å². The van der Waals surface area contributed by atoms with Gasteiger partial charge in [-0.3, -0.25) is 4.98 Å². The lowest BCUT2D eigenvalue weighted by molar-refractivity contribution is 0.0273. The van der Waals surface area contributed by atoms with Gasteiger partial charge >= 0.3 is 0 Å². The van der Waals surface area contributed by atoms with Crippen molar-refractivity contribution in [2.45, 2.75) is 29.9 Å². The number of hydrogen-bond donors (Lipinski definition) is 2. The maximum absolute atomic E-state index is 12.9. The van der Waals surface area contributed by atoms with Gasteiger partial charge in [0, 0.05) is 12.3 Å². The zero-order valence-electron chi connectivity index (χ0n) is 14.0. The third-order valence-corrected chi connectivity index (χ3v) is 6.17. The molecule has 1 aliphatic heterocycles. The van der Waals surface area contributed by atoms with E-state index in [4.69, 9.17) is 9.47 Å². The van der Waals surface area contributed by atoms with Gasteiger partial charge in [-0.15, -0.1) is 0 Å². The highest BCUT2D eigenvalue weighted by atomic mass is 32.2. The third-order valence-electron chi connectivity index (χ3n) is 4.73. The second kappa shape index (κ2) is 6.86. The first-order chi connectivity index (χ1) is 12.5. The lowest BCUT2D eigenvalue weighted by Crippen LogP contribution is -2.41. The first kappa shape index (κ1) is 17.3. The van der Waals surface area contributed by atoms with Crippen LogP contribution in [0.25, 0.3) is 0 Å². The average molecular weight is 376 g/mol. The summed E-state index contributed by atoms with van der Waals surface area (Å²) in [6, 6.07) is 9.49. The Labute approximate surface area is 152 Å². The molecular formula is C18H20N2O5S. The molecule has 4 rings (SSSR count). The SMILES string of the molecule is O=S(=O)(NC(c1ccccn1)C1CC(O)C1)c1ccc2c(c1)OCCO2. The Hall–Kier alpha value is -2.16. The summed E-state index contributed by atoms with van der Waals surface area (Å²) in [6.45, 7) is 0.837. The Bertz CT molecular complexity index is 882. The molecule has 2 aromatic rings. The molecule has 2 heterocycles. The Morgan fingerprint density at radius 1 is 1.12 bits per heavy atom. The Kier molecular flexibility index (Phi) is 4.56. The summed E-state index contributed by atoms with van der Waals surface area (Å²) in [5, 5.41) is 9.63. The predicted octanol–water partition coefficient (Wildman–Crippen LogP) is 1.64. The van der Waals surface area contributed by atoms with Gasteiger partial charge in [-0.25, -0.2) is 13.1 Å². The molecule has 1 aromatic heterocycles. The van der Waals surface area contributed by atoms with Crippen LogP contribution in [0.4, 0.5) is 0 Å². The van der Waals surface area contributed by atoms with Crippen LogP contribution in [0, 0.1) is 5.92 Å². The zero-order valence-corrected chi connectivity index (χ0v) is 14.9. The minimum atomic E-state index is -3.79. The van der Waals surface area contributed by atoms with E-state index < -0.39 is 16.1 Å². The van der Waals surface area contributed by atoms with Gasteiger partial charge in [0.25, 0.3) is 0 Å². The smallest absolute Gasteiger partial charge is 0.241 e. The van der Waals surface area contributed by atoms with E-state index in [1.807, 2.05) is 6.07 Å². The molecule has 0 bridgehead atoms. The van der Waals surface area contributed by atoms with Crippen LogP contribution in [-0.4, -0.2) is 37.8 Å². The Balaban J connectivity index is 1.62. The minimum Gasteiger partial charge on any atom is -0.486 e. The lowest BCUT2D eigenvalue weighted by Gasteiger charge is -2.37. The molecule has 1 aromatic carbocycles. The summed E-state index contributed by atoms with van der Waals surface area (Å²) in [6.07, 6.45) is 2.34. The fourth-order valence-corrected chi connectivity index (χ4v) is 4.58. The molecule has 1 saturated carbocycles. The Morgan fingerprint density at radius 2 is 1.88 bits per heavy atom. The number of nitrogens with one attached hydrogen (secondary N) is 1. The number of aliphatic hydroxyl groups is 1. The topological polar surface area (TPSA) is 97.8 Å². The summed E-state index contributed by atoms with van der Waals surface area (Å²) in [7, 11) is -3.79. The number of nitrogens with zero attached hydrogens (tertiary/aromatic N) is 1. The highest BCUT2D eigenvalue weighted by Crippen LogP contribution is 2.39. The fourth-order valence-electron chi connectivity index (χ4n) is 3.29. The maximum atomic E-state index is 12.9. The fraction of sp³-hybridized carbons (Fsp3) is 0.389. The van der Waals surface area contributed by atoms with Crippen LogP contribution in [-0.2, 0) is 10.0 Å². The van der Waals surface area contributed by atoms with E-state index in [0.717, 1.165) is 0 Å². The van der Waals surface area contributed by atoms with Crippen molar-refractivity contribution in [1.82, 2.24) is 9.71 Å². The van der Waals surface area contributed by atoms with E-state index >= 15 is 0 Å². The van der Waals surface area contributed by atoms with Gasteiger partial charge in [0.05, 0.1) is 22.7 Å². The molecule has 1 fully saturated rings. The molecule has 1 unspecified atom stereocenters. The average Bonchev–Trinajstić information content (AvgIpc) is 2.64. The lowest BCUT2D eigenvalue weighted by atomic mass is 9.76. The van der Waals surface area contributed by atoms with Gasteiger partial charge in [-0.2, -0.15) is 0 Å². The first-order valence-electron chi connectivity index (χ1n) is 8.54. The predicted molar refractivity (Wildman–Crippen MR) is 93.5 cm³/mol. The van der Waals surface area contributed by atoms with Gasteiger partial charge in [0.2, 0.25) is 10.0 Å². The summed E-state index contributed by atoms with van der Waals surface area (Å²) >= 11 is 0. The molecule has 2 aliphatic rings. The first-order valence-corrected chi connectivity index (χ1v) is 10.0. The van der Waals surface area contributed by atoms with Crippen LogP contribution >= 0.6 is 0 Å². The highest BCUT2D eigenvalue weighted by Gasteiger charge is 2.38. The van der Waals surface area contributed by atoms with E-state index in [1.165, 1.54) is 12.1 Å². The van der Waals surface area contributed by atoms with Crippen molar-refractivity contribution in [3.05, 3.63) is 48.3 Å². The van der Waals surface area contributed by atoms with Crippen LogP contribution in [0.3, 0.4) is 0 Å². The number of aliphatic hydroxyl groups excluding tert-OH is 1. The number of hydrogen-bond acceptors (Lipinski definition) is 6. The van der Waals surface area contributed by atoms with Crippen LogP contribution in [0.5, 0.6) is 11.5 Å². The second-order valence-electron chi connectivity index (χ2n) is 6.54. The number of ether oxygens (including phenoxy) is 2. The van der Waals surface area contributed by atoms with E-state index in [-0.39, 0.29) is 16.9 Å². The molecule has 26 heavy (non-hydrogen) atoms. The maximum Gasteiger partial charge on any atom is 0.241 e. The molecule has 7 nitrogen and oxygen atoms in total. The molecule has 0 spiro atoms. The van der Waals surface area contributed by atoms with E-state index in [0.29, 0.717) is 43.2 Å². The molecule has 1 atom stereocenters. The van der Waals surface area contributed by atoms with Crippen molar-refractivity contribution < 1.29 is 23.0 Å². The number of benzene rings is 1. The normalized spacial score (nSPS) is 23.1. The number of sulfonamides is 1. The monoisotopic (exact) mass is 376 g/mol. The molecule has 0 saturated heterocycles. The van der Waals surface area contributed by atoms with Crippen LogP contribution in [0.2, 0.25) is 0 Å². The second-order valence-corrected chi connectivity index (χ2v) is 8.26. The van der Waals surface area contributed by atoms with E-state index in [2.05, 4.69) is 9.71 Å². The molecule has 138 valence electrons. The molecule has 8 heteroatoms. The molecule has 0 amide bonds. The van der Waals surface area contributed by atoms with Crippen molar-refractivity contribution in [3.63, 3.8) is 0 Å². The van der Waals surface area contributed by atoms with Crippen molar-refractivity contribution >= 4 is 10.0 Å². The van der Waals surface area contributed by atoms with Gasteiger partial charge in [-0.1, -0.05) is 6.07 Å². The van der Waals surface area contributed by atoms with Gasteiger partial charge in [0.1, 0.15) is 13.2 Å². The van der Waals surface area contributed by atoms with Gasteiger partial charge in [0.15, 0.2) is 11.5 Å². The van der Waals surface area contributed by atoms with Crippen LogP contribution in [0.15, 0.2) is 47.5 Å². The summed E-state index contributed by atoms with van der Waals surface area (Å²) in [5.41, 5.74) is 0.644. The number of rotatable bonds is 5. The van der Waals surface area contributed by atoms with Crippen molar-refractivity contribution in [3.8, 4) is 11.5 Å². The molecule has 2 N–H and O–H groups in total. The zero-order chi connectivity index (χ0) is 18.1. The molecule has 1 aliphatic carbocycles. The van der Waals surface area contributed by atoms with Crippen LogP contribution < -0.4 is 14.2 Å². The van der Waals surface area contributed by atoms with E-state index in [9.17, 15) is 13.5 Å². The number of pyridine rings is 1.